The summed E-state index contributed by atoms with van der Waals surface area (Å²) in [7, 11) is 0. The second-order valence-corrected chi connectivity index (χ2v) is 5.92. The molecule has 0 bridgehead atoms. The van der Waals surface area contributed by atoms with Crippen molar-refractivity contribution >= 4 is 22.4 Å². The van der Waals surface area contributed by atoms with Gasteiger partial charge in [-0.15, -0.1) is 11.3 Å². The maximum Gasteiger partial charge on any atom is 0.0947 e. The van der Waals surface area contributed by atoms with E-state index in [4.69, 9.17) is 4.98 Å². The van der Waals surface area contributed by atoms with Gasteiger partial charge >= 0.3 is 0 Å². The summed E-state index contributed by atoms with van der Waals surface area (Å²) >= 11 is 1.70. The van der Waals surface area contributed by atoms with E-state index in [-0.39, 0.29) is 6.04 Å². The van der Waals surface area contributed by atoms with Crippen molar-refractivity contribution in [1.82, 2.24) is 20.3 Å². The van der Waals surface area contributed by atoms with Crippen LogP contribution in [0.2, 0.25) is 0 Å². The molecule has 4 nitrogen and oxygen atoms in total. The molecule has 5 heteroatoms. The highest BCUT2D eigenvalue weighted by Gasteiger charge is 2.15. The third-order valence-corrected chi connectivity index (χ3v) is 4.31. The molecule has 1 atom stereocenters. The molecule has 3 aromatic rings. The van der Waals surface area contributed by atoms with E-state index >= 15 is 0 Å². The first kappa shape index (κ1) is 14.1. The van der Waals surface area contributed by atoms with Crippen molar-refractivity contribution < 1.29 is 0 Å². The molecule has 0 fully saturated rings. The number of para-hydroxylation sites is 2. The Morgan fingerprint density at radius 1 is 1.19 bits per heavy atom. The summed E-state index contributed by atoms with van der Waals surface area (Å²) < 4.78 is 0. The van der Waals surface area contributed by atoms with Crippen LogP contribution < -0.4 is 5.32 Å². The van der Waals surface area contributed by atoms with Gasteiger partial charge in [0.05, 0.1) is 34.0 Å². The summed E-state index contributed by atoms with van der Waals surface area (Å²) in [5.41, 5.74) is 3.92. The van der Waals surface area contributed by atoms with Gasteiger partial charge in [0.2, 0.25) is 0 Å². The van der Waals surface area contributed by atoms with E-state index in [0.717, 1.165) is 40.4 Å². The van der Waals surface area contributed by atoms with Gasteiger partial charge in [-0.1, -0.05) is 19.1 Å². The van der Waals surface area contributed by atoms with Gasteiger partial charge < -0.3 is 5.32 Å². The quantitative estimate of drug-likeness (QED) is 0.785. The summed E-state index contributed by atoms with van der Waals surface area (Å²) in [6.07, 6.45) is 2.72. The average Bonchev–Trinajstić information content (AvgIpc) is 2.91. The molecule has 0 spiro atoms. The van der Waals surface area contributed by atoms with E-state index < -0.39 is 0 Å². The van der Waals surface area contributed by atoms with Crippen LogP contribution >= 0.6 is 11.3 Å². The normalized spacial score (nSPS) is 12.7. The molecule has 1 N–H and O–H groups in total. The van der Waals surface area contributed by atoms with E-state index in [1.54, 1.807) is 11.3 Å². The second kappa shape index (κ2) is 6.28. The zero-order valence-corrected chi connectivity index (χ0v) is 13.0. The molecule has 0 saturated heterocycles. The number of thiazole rings is 1. The fourth-order valence-electron chi connectivity index (χ4n) is 2.34. The first-order valence-corrected chi connectivity index (χ1v) is 8.00. The number of nitrogens with zero attached hydrogens (tertiary/aromatic N) is 3. The molecule has 0 radical (unpaired) electrons. The Kier molecular flexibility index (Phi) is 4.22. The van der Waals surface area contributed by atoms with Crippen LogP contribution in [0.4, 0.5) is 0 Å². The van der Waals surface area contributed by atoms with Gasteiger partial charge in [-0.2, -0.15) is 0 Å². The van der Waals surface area contributed by atoms with Crippen molar-refractivity contribution in [2.24, 2.45) is 0 Å². The zero-order valence-electron chi connectivity index (χ0n) is 12.2. The summed E-state index contributed by atoms with van der Waals surface area (Å²) in [4.78, 5) is 13.8. The number of aromatic nitrogens is 3. The van der Waals surface area contributed by atoms with Gasteiger partial charge in [0.1, 0.15) is 0 Å². The molecule has 0 aliphatic rings. The lowest BCUT2D eigenvalue weighted by Gasteiger charge is -2.16. The van der Waals surface area contributed by atoms with Gasteiger partial charge in [-0.25, -0.2) is 9.97 Å². The molecular weight excluding hydrogens is 280 g/mol. The predicted molar refractivity (Wildman–Crippen MR) is 86.5 cm³/mol. The average molecular weight is 298 g/mol. The number of hydrogen-bond donors (Lipinski definition) is 1. The summed E-state index contributed by atoms with van der Waals surface area (Å²) in [5.74, 6) is 0. The van der Waals surface area contributed by atoms with E-state index in [1.165, 1.54) is 0 Å². The third-order valence-electron chi connectivity index (χ3n) is 3.32. The minimum atomic E-state index is 0.151. The molecule has 3 rings (SSSR count). The number of aryl methyl sites for hydroxylation is 1. The lowest BCUT2D eigenvalue weighted by atomic mass is 10.1. The molecule has 0 amide bonds. The van der Waals surface area contributed by atoms with Crippen molar-refractivity contribution in [3.8, 4) is 0 Å². The standard InChI is InChI=1S/C16H18N4S/c1-3-17-14(8-16-19-11(2)10-21-16)15-9-18-12-6-4-5-7-13(12)20-15/h4-7,9-10,14,17H,3,8H2,1-2H3. The van der Waals surface area contributed by atoms with Crippen LogP contribution in [0.1, 0.15) is 29.4 Å². The van der Waals surface area contributed by atoms with Crippen LogP contribution in [-0.4, -0.2) is 21.5 Å². The Bertz CT molecular complexity index is 738. The van der Waals surface area contributed by atoms with Gasteiger partial charge in [-0.05, 0) is 25.6 Å². The number of nitrogens with one attached hydrogen (secondary N) is 1. The Balaban J connectivity index is 1.90. The summed E-state index contributed by atoms with van der Waals surface area (Å²) in [5, 5.41) is 6.71. The Morgan fingerprint density at radius 3 is 2.71 bits per heavy atom. The minimum absolute atomic E-state index is 0.151. The Morgan fingerprint density at radius 2 is 2.00 bits per heavy atom. The van der Waals surface area contributed by atoms with Gasteiger partial charge in [0.15, 0.2) is 0 Å². The van der Waals surface area contributed by atoms with Gasteiger partial charge in [-0.3, -0.25) is 4.98 Å². The van der Waals surface area contributed by atoms with Crippen LogP contribution in [0.5, 0.6) is 0 Å². The molecule has 2 aromatic heterocycles. The van der Waals surface area contributed by atoms with Gasteiger partial charge in [0, 0.05) is 17.5 Å². The van der Waals surface area contributed by atoms with Gasteiger partial charge in [0.25, 0.3) is 0 Å². The van der Waals surface area contributed by atoms with E-state index in [1.807, 2.05) is 37.4 Å². The molecule has 2 heterocycles. The number of hydrogen-bond acceptors (Lipinski definition) is 5. The van der Waals surface area contributed by atoms with E-state index in [9.17, 15) is 0 Å². The van der Waals surface area contributed by atoms with Crippen molar-refractivity contribution in [1.29, 1.82) is 0 Å². The molecule has 0 saturated carbocycles. The highest BCUT2D eigenvalue weighted by Crippen LogP contribution is 2.20. The molecule has 0 aliphatic heterocycles. The molecule has 0 aliphatic carbocycles. The lowest BCUT2D eigenvalue weighted by molar-refractivity contribution is 0.535. The maximum atomic E-state index is 4.75. The maximum absolute atomic E-state index is 4.75. The Hall–Kier alpha value is -1.85. The number of likely N-dealkylation sites (N-methyl/N-ethyl adjacent to an activating group) is 1. The monoisotopic (exact) mass is 298 g/mol. The van der Waals surface area contributed by atoms with E-state index in [2.05, 4.69) is 27.6 Å². The summed E-state index contributed by atoms with van der Waals surface area (Å²) in [6.45, 7) is 5.02. The van der Waals surface area contributed by atoms with Crippen molar-refractivity contribution in [2.75, 3.05) is 6.54 Å². The van der Waals surface area contributed by atoms with Crippen LogP contribution in [-0.2, 0) is 6.42 Å². The minimum Gasteiger partial charge on any atom is -0.309 e. The van der Waals surface area contributed by atoms with Crippen LogP contribution in [0.15, 0.2) is 35.8 Å². The van der Waals surface area contributed by atoms with Crippen molar-refractivity contribution in [3.05, 3.63) is 52.2 Å². The highest BCUT2D eigenvalue weighted by molar-refractivity contribution is 7.09. The smallest absolute Gasteiger partial charge is 0.0947 e. The molecule has 108 valence electrons. The first-order valence-electron chi connectivity index (χ1n) is 7.12. The molecule has 1 aromatic carbocycles. The van der Waals surface area contributed by atoms with Crippen molar-refractivity contribution in [3.63, 3.8) is 0 Å². The van der Waals surface area contributed by atoms with E-state index in [0.29, 0.717) is 0 Å². The topological polar surface area (TPSA) is 50.7 Å². The number of rotatable bonds is 5. The first-order chi connectivity index (χ1) is 10.3. The SMILES string of the molecule is CCNC(Cc1nc(C)cs1)c1cnc2ccccc2n1. The number of fused-ring (bicyclic) bond motifs is 1. The molecule has 21 heavy (non-hydrogen) atoms. The predicted octanol–water partition coefficient (Wildman–Crippen LogP) is 3.29. The fraction of sp³-hybridized carbons (Fsp3) is 0.312. The fourth-order valence-corrected chi connectivity index (χ4v) is 3.16. The third kappa shape index (κ3) is 3.25. The lowest BCUT2D eigenvalue weighted by Crippen LogP contribution is -2.24. The zero-order chi connectivity index (χ0) is 14.7. The highest BCUT2D eigenvalue weighted by atomic mass is 32.1. The van der Waals surface area contributed by atoms with Crippen molar-refractivity contribution in [2.45, 2.75) is 26.3 Å². The van der Waals surface area contributed by atoms with Crippen LogP contribution in [0, 0.1) is 6.92 Å². The Labute approximate surface area is 128 Å². The number of benzene rings is 1. The summed E-state index contributed by atoms with van der Waals surface area (Å²) in [6, 6.07) is 8.11. The van der Waals surface area contributed by atoms with Crippen LogP contribution in [0.3, 0.4) is 0 Å². The second-order valence-electron chi connectivity index (χ2n) is 4.98. The molecule has 1 unspecified atom stereocenters. The molecular formula is C16H18N4S. The van der Waals surface area contributed by atoms with Crippen LogP contribution in [0.25, 0.3) is 11.0 Å². The largest absolute Gasteiger partial charge is 0.309 e.